The summed E-state index contributed by atoms with van der Waals surface area (Å²) in [6.07, 6.45) is -0.469. The molecular formula is C12H13NO5. The van der Waals surface area contributed by atoms with Crippen LogP contribution in [0.2, 0.25) is 0 Å². The Morgan fingerprint density at radius 2 is 2.11 bits per heavy atom. The van der Waals surface area contributed by atoms with Crippen molar-refractivity contribution in [3.8, 4) is 5.75 Å². The third-order valence-corrected chi connectivity index (χ3v) is 3.04. The van der Waals surface area contributed by atoms with E-state index in [1.165, 1.54) is 7.11 Å². The number of ether oxygens (including phenoxy) is 1. The zero-order valence-electron chi connectivity index (χ0n) is 9.79. The van der Waals surface area contributed by atoms with Crippen LogP contribution in [-0.2, 0) is 11.2 Å². The van der Waals surface area contributed by atoms with Crippen molar-refractivity contribution < 1.29 is 24.5 Å². The molecule has 6 heteroatoms. The van der Waals surface area contributed by atoms with Gasteiger partial charge in [0.2, 0.25) is 0 Å². The normalized spacial score (nSPS) is 18.1. The summed E-state index contributed by atoms with van der Waals surface area (Å²) < 4.78 is 5.07. The number of carboxylic acids is 1. The highest BCUT2D eigenvalue weighted by molar-refractivity contribution is 5.95. The molecule has 1 atom stereocenters. The van der Waals surface area contributed by atoms with E-state index in [9.17, 15) is 9.59 Å². The highest BCUT2D eigenvalue weighted by Gasteiger charge is 2.35. The molecule has 0 bridgehead atoms. The maximum Gasteiger partial charge on any atom is 0.412 e. The van der Waals surface area contributed by atoms with Gasteiger partial charge in [0.25, 0.3) is 0 Å². The first-order valence-corrected chi connectivity index (χ1v) is 5.46. The molecule has 18 heavy (non-hydrogen) atoms. The average molecular weight is 251 g/mol. The van der Waals surface area contributed by atoms with Crippen LogP contribution in [0, 0.1) is 0 Å². The van der Waals surface area contributed by atoms with Crippen LogP contribution in [0.25, 0.3) is 0 Å². The first-order valence-electron chi connectivity index (χ1n) is 5.46. The zero-order valence-corrected chi connectivity index (χ0v) is 9.79. The second kappa shape index (κ2) is 4.56. The van der Waals surface area contributed by atoms with Crippen molar-refractivity contribution in [3.05, 3.63) is 23.8 Å². The molecule has 1 amide bonds. The van der Waals surface area contributed by atoms with Crippen molar-refractivity contribution in [2.45, 2.75) is 18.9 Å². The van der Waals surface area contributed by atoms with Gasteiger partial charge in [0, 0.05) is 0 Å². The van der Waals surface area contributed by atoms with E-state index in [0.29, 0.717) is 17.9 Å². The van der Waals surface area contributed by atoms with E-state index in [0.717, 1.165) is 10.5 Å². The van der Waals surface area contributed by atoms with Crippen LogP contribution in [-0.4, -0.2) is 35.4 Å². The molecule has 1 aliphatic heterocycles. The van der Waals surface area contributed by atoms with Gasteiger partial charge in [-0.2, -0.15) is 0 Å². The Labute approximate surface area is 103 Å². The van der Waals surface area contributed by atoms with Gasteiger partial charge in [-0.1, -0.05) is 0 Å². The second-order valence-corrected chi connectivity index (χ2v) is 4.04. The maximum atomic E-state index is 11.2. The second-order valence-electron chi connectivity index (χ2n) is 4.04. The number of hydrogen-bond donors (Lipinski definition) is 2. The monoisotopic (exact) mass is 251 g/mol. The summed E-state index contributed by atoms with van der Waals surface area (Å²) >= 11 is 0. The van der Waals surface area contributed by atoms with E-state index >= 15 is 0 Å². The Bertz CT molecular complexity index is 499. The van der Waals surface area contributed by atoms with E-state index in [1.54, 1.807) is 18.2 Å². The van der Waals surface area contributed by atoms with Gasteiger partial charge in [-0.05, 0) is 36.6 Å². The van der Waals surface area contributed by atoms with Crippen molar-refractivity contribution in [1.29, 1.82) is 0 Å². The van der Waals surface area contributed by atoms with Gasteiger partial charge in [0.15, 0.2) is 0 Å². The molecule has 0 radical (unpaired) electrons. The van der Waals surface area contributed by atoms with Gasteiger partial charge in [-0.15, -0.1) is 0 Å². The summed E-state index contributed by atoms with van der Waals surface area (Å²) in [5.41, 5.74) is 1.20. The fraction of sp³-hybridized carbons (Fsp3) is 0.333. The van der Waals surface area contributed by atoms with Crippen molar-refractivity contribution in [2.24, 2.45) is 0 Å². The third-order valence-electron chi connectivity index (χ3n) is 3.04. The summed E-state index contributed by atoms with van der Waals surface area (Å²) in [7, 11) is 1.53. The summed E-state index contributed by atoms with van der Waals surface area (Å²) in [5.74, 6) is -0.494. The molecule has 1 aromatic carbocycles. The highest BCUT2D eigenvalue weighted by atomic mass is 16.5. The lowest BCUT2D eigenvalue weighted by molar-refractivity contribution is -0.138. The molecule has 1 unspecified atom stereocenters. The number of anilines is 1. The maximum absolute atomic E-state index is 11.2. The number of aliphatic carboxylic acids is 1. The minimum atomic E-state index is -1.26. The number of fused-ring (bicyclic) bond motifs is 1. The van der Waals surface area contributed by atoms with Crippen LogP contribution in [0.3, 0.4) is 0 Å². The quantitative estimate of drug-likeness (QED) is 0.833. The van der Waals surface area contributed by atoms with Crippen molar-refractivity contribution in [1.82, 2.24) is 0 Å². The molecule has 6 nitrogen and oxygen atoms in total. The first kappa shape index (κ1) is 12.2. The summed E-state index contributed by atoms with van der Waals surface area (Å²) in [6.45, 7) is 0. The lowest BCUT2D eigenvalue weighted by atomic mass is 9.96. The van der Waals surface area contributed by atoms with Gasteiger partial charge in [0.05, 0.1) is 12.8 Å². The molecule has 0 aliphatic carbocycles. The van der Waals surface area contributed by atoms with Crippen molar-refractivity contribution >= 4 is 17.7 Å². The molecule has 2 rings (SSSR count). The van der Waals surface area contributed by atoms with Gasteiger partial charge in [0.1, 0.15) is 11.8 Å². The summed E-state index contributed by atoms with van der Waals surface area (Å²) in [6, 6.07) is 3.92. The smallest absolute Gasteiger partial charge is 0.412 e. The average Bonchev–Trinajstić information content (AvgIpc) is 2.36. The fourth-order valence-electron chi connectivity index (χ4n) is 2.18. The van der Waals surface area contributed by atoms with Crippen LogP contribution >= 0.6 is 0 Å². The number of rotatable bonds is 2. The zero-order chi connectivity index (χ0) is 13.3. The molecule has 96 valence electrons. The molecule has 0 fully saturated rings. The number of benzene rings is 1. The van der Waals surface area contributed by atoms with Gasteiger partial charge in [-0.25, -0.2) is 9.59 Å². The number of amides is 1. The van der Waals surface area contributed by atoms with Crippen LogP contribution in [0.1, 0.15) is 12.0 Å². The van der Waals surface area contributed by atoms with Crippen LogP contribution < -0.4 is 9.64 Å². The van der Waals surface area contributed by atoms with Crippen LogP contribution in [0.5, 0.6) is 5.75 Å². The number of methoxy groups -OCH3 is 1. The largest absolute Gasteiger partial charge is 0.497 e. The fourth-order valence-corrected chi connectivity index (χ4v) is 2.18. The predicted molar refractivity (Wildman–Crippen MR) is 63.2 cm³/mol. The Morgan fingerprint density at radius 3 is 2.67 bits per heavy atom. The highest BCUT2D eigenvalue weighted by Crippen LogP contribution is 2.33. The molecule has 1 aromatic rings. The van der Waals surface area contributed by atoms with Crippen molar-refractivity contribution in [3.63, 3.8) is 0 Å². The topological polar surface area (TPSA) is 87.1 Å². The minimum Gasteiger partial charge on any atom is -0.497 e. The van der Waals surface area contributed by atoms with Crippen molar-refractivity contribution in [2.75, 3.05) is 12.0 Å². The molecule has 0 aromatic heterocycles. The lowest BCUT2D eigenvalue weighted by Crippen LogP contribution is -2.47. The minimum absolute atomic E-state index is 0.266. The van der Waals surface area contributed by atoms with E-state index < -0.39 is 18.1 Å². The predicted octanol–water partition coefficient (Wildman–Crippen LogP) is 1.58. The van der Waals surface area contributed by atoms with Crippen LogP contribution in [0.15, 0.2) is 18.2 Å². The Hall–Kier alpha value is -2.24. The lowest BCUT2D eigenvalue weighted by Gasteiger charge is -2.32. The van der Waals surface area contributed by atoms with Gasteiger partial charge < -0.3 is 14.9 Å². The van der Waals surface area contributed by atoms with E-state index in [1.807, 2.05) is 0 Å². The Morgan fingerprint density at radius 1 is 1.39 bits per heavy atom. The Balaban J connectivity index is 2.46. The molecular weight excluding hydrogens is 238 g/mol. The molecule has 0 saturated heterocycles. The molecule has 1 aliphatic rings. The number of hydrogen-bond acceptors (Lipinski definition) is 3. The first-order chi connectivity index (χ1) is 8.54. The number of nitrogens with zero attached hydrogens (tertiary/aromatic N) is 1. The van der Waals surface area contributed by atoms with E-state index in [4.69, 9.17) is 14.9 Å². The SMILES string of the molecule is COc1ccc2c(c1)CCC(C(=O)O)N2C(=O)O. The number of carboxylic acid groups (broad SMARTS) is 2. The number of carbonyl (C=O) groups is 2. The molecule has 2 N–H and O–H groups in total. The summed E-state index contributed by atoms with van der Waals surface area (Å²) in [4.78, 5) is 23.2. The summed E-state index contributed by atoms with van der Waals surface area (Å²) in [5, 5.41) is 18.2. The van der Waals surface area contributed by atoms with Gasteiger partial charge >= 0.3 is 12.1 Å². The molecule has 0 spiro atoms. The molecule has 0 saturated carbocycles. The molecule has 1 heterocycles. The van der Waals surface area contributed by atoms with E-state index in [-0.39, 0.29) is 6.42 Å². The van der Waals surface area contributed by atoms with Gasteiger partial charge in [-0.3, -0.25) is 4.90 Å². The van der Waals surface area contributed by atoms with E-state index in [2.05, 4.69) is 0 Å². The Kier molecular flexibility index (Phi) is 3.10. The van der Waals surface area contributed by atoms with Crippen LogP contribution in [0.4, 0.5) is 10.5 Å². The standard InChI is InChI=1S/C12H13NO5/c1-18-8-3-5-9-7(6-8)2-4-10(11(14)15)13(9)12(16)17/h3,5-6,10H,2,4H2,1H3,(H,14,15)(H,16,17). The third kappa shape index (κ3) is 1.97. The number of aryl methyl sites for hydroxylation is 1.